The van der Waals surface area contributed by atoms with Crippen LogP contribution in [0.2, 0.25) is 0 Å². The summed E-state index contributed by atoms with van der Waals surface area (Å²) in [6.07, 6.45) is 7.57. The summed E-state index contributed by atoms with van der Waals surface area (Å²) >= 11 is 0. The van der Waals surface area contributed by atoms with Crippen LogP contribution in [0.1, 0.15) is 67.4 Å². The van der Waals surface area contributed by atoms with Crippen LogP contribution < -0.4 is 10.6 Å². The molecule has 0 radical (unpaired) electrons. The lowest BCUT2D eigenvalue weighted by molar-refractivity contribution is -0.150. The van der Waals surface area contributed by atoms with Gasteiger partial charge in [-0.2, -0.15) is 0 Å². The van der Waals surface area contributed by atoms with E-state index in [2.05, 4.69) is 22.8 Å². The van der Waals surface area contributed by atoms with Gasteiger partial charge in [-0.3, -0.25) is 14.4 Å². The minimum atomic E-state index is -0.561. The maximum atomic E-state index is 13.0. The molecule has 0 spiro atoms. The van der Waals surface area contributed by atoms with Crippen molar-refractivity contribution in [2.24, 2.45) is 5.92 Å². The Morgan fingerprint density at radius 2 is 1.79 bits per heavy atom. The molecule has 2 aromatic carbocycles. The highest BCUT2D eigenvalue weighted by Crippen LogP contribution is 2.29. The molecule has 2 aliphatic rings. The summed E-state index contributed by atoms with van der Waals surface area (Å²) < 4.78 is 5.64. The summed E-state index contributed by atoms with van der Waals surface area (Å²) in [6, 6.07) is 17.6. The fourth-order valence-electron chi connectivity index (χ4n) is 4.69. The number of nitrogens with one attached hydrogen (secondary N) is 2. The third kappa shape index (κ3) is 6.34. The molecule has 0 unspecified atom stereocenters. The smallest absolute Gasteiger partial charge is 0.306 e. The Hall–Kier alpha value is -3.41. The highest BCUT2D eigenvalue weighted by Gasteiger charge is 2.26. The quantitative estimate of drug-likeness (QED) is 0.526. The number of carbonyl (C=O) groups excluding carboxylic acids is 3. The van der Waals surface area contributed by atoms with Crippen LogP contribution in [-0.4, -0.2) is 24.3 Å². The molecule has 3 atom stereocenters. The van der Waals surface area contributed by atoms with Gasteiger partial charge in [0.2, 0.25) is 11.8 Å². The Morgan fingerprint density at radius 3 is 2.65 bits per heavy atom. The van der Waals surface area contributed by atoms with Crippen LogP contribution in [0.5, 0.6) is 0 Å². The molecule has 0 saturated heterocycles. The van der Waals surface area contributed by atoms with E-state index in [1.807, 2.05) is 54.6 Å². The van der Waals surface area contributed by atoms with Gasteiger partial charge in [0.25, 0.3) is 0 Å². The predicted octanol–water partition coefficient (Wildman–Crippen LogP) is 4.33. The lowest BCUT2D eigenvalue weighted by Crippen LogP contribution is -2.38. The van der Waals surface area contributed by atoms with Crippen LogP contribution in [-0.2, 0) is 25.5 Å². The fraction of sp³-hybridized carbons (Fsp3) is 0.393. The minimum Gasteiger partial charge on any atom is -0.456 e. The summed E-state index contributed by atoms with van der Waals surface area (Å²) in [4.78, 5) is 38.2. The van der Waals surface area contributed by atoms with E-state index in [1.165, 1.54) is 11.1 Å². The number of carbonyl (C=O) groups is 3. The molecule has 2 aromatic rings. The molecule has 0 aromatic heterocycles. The molecule has 0 bridgehead atoms. The highest BCUT2D eigenvalue weighted by atomic mass is 16.5. The fourth-order valence-corrected chi connectivity index (χ4v) is 4.69. The maximum absolute atomic E-state index is 13.0. The van der Waals surface area contributed by atoms with Gasteiger partial charge in [0.1, 0.15) is 6.10 Å². The molecule has 1 aliphatic carbocycles. The maximum Gasteiger partial charge on any atom is 0.306 e. The van der Waals surface area contributed by atoms with Crippen molar-refractivity contribution in [2.75, 3.05) is 6.54 Å². The van der Waals surface area contributed by atoms with Crippen molar-refractivity contribution in [3.8, 4) is 0 Å². The van der Waals surface area contributed by atoms with E-state index in [9.17, 15) is 14.4 Å². The number of esters is 1. The number of hydrogen-bond acceptors (Lipinski definition) is 4. The predicted molar refractivity (Wildman–Crippen MR) is 130 cm³/mol. The second kappa shape index (κ2) is 11.6. The number of hydrogen-bond donors (Lipinski definition) is 2. The Morgan fingerprint density at radius 1 is 1.00 bits per heavy atom. The van der Waals surface area contributed by atoms with E-state index in [0.717, 1.165) is 24.8 Å². The van der Waals surface area contributed by atoms with E-state index in [0.29, 0.717) is 12.8 Å². The molecule has 6 heteroatoms. The largest absolute Gasteiger partial charge is 0.456 e. The van der Waals surface area contributed by atoms with Crippen molar-refractivity contribution in [1.82, 2.24) is 10.6 Å². The van der Waals surface area contributed by atoms with Crippen molar-refractivity contribution in [3.05, 3.63) is 83.4 Å². The first-order chi connectivity index (χ1) is 16.6. The Kier molecular flexibility index (Phi) is 8.12. The van der Waals surface area contributed by atoms with Crippen LogP contribution in [0.25, 0.3) is 0 Å². The zero-order valence-electron chi connectivity index (χ0n) is 19.4. The summed E-state index contributed by atoms with van der Waals surface area (Å²) in [6.45, 7) is 0.173. The molecule has 4 rings (SSSR count). The second-order valence-corrected chi connectivity index (χ2v) is 8.99. The normalized spacial score (nSPS) is 23.5. The highest BCUT2D eigenvalue weighted by molar-refractivity contribution is 5.86. The van der Waals surface area contributed by atoms with Gasteiger partial charge in [-0.15, -0.1) is 0 Å². The van der Waals surface area contributed by atoms with Crippen LogP contribution >= 0.6 is 0 Å². The van der Waals surface area contributed by atoms with Gasteiger partial charge in [0.05, 0.1) is 18.5 Å². The van der Waals surface area contributed by atoms with Crippen molar-refractivity contribution in [1.29, 1.82) is 0 Å². The molecule has 0 saturated carbocycles. The monoisotopic (exact) mass is 460 g/mol. The number of benzene rings is 2. The standard InChI is InChI=1S/C28H32N2O4/c31-26(30-24-16-9-14-20-10-7-8-15-23(20)24)18-22-13-5-2-6-17-27(32)34-25(19-29-28(22)33)21-11-3-1-4-12-21/h1-5,7-8,10-12,15,22,24-25H,6,9,13-14,16-19H2,(H,29,33)(H,30,31)/t22-,24+,25-/m0/s1. The van der Waals surface area contributed by atoms with E-state index >= 15 is 0 Å². The molecular formula is C28H32N2O4. The van der Waals surface area contributed by atoms with Gasteiger partial charge in [-0.1, -0.05) is 66.7 Å². The van der Waals surface area contributed by atoms with E-state index in [1.54, 1.807) is 0 Å². The molecular weight excluding hydrogens is 428 g/mol. The lowest BCUT2D eigenvalue weighted by atomic mass is 9.87. The van der Waals surface area contributed by atoms with Crippen LogP contribution in [0.3, 0.4) is 0 Å². The molecule has 0 fully saturated rings. The third-order valence-corrected chi connectivity index (χ3v) is 6.52. The Bertz CT molecular complexity index is 1030. The minimum absolute atomic E-state index is 0.0100. The third-order valence-electron chi connectivity index (χ3n) is 6.52. The van der Waals surface area contributed by atoms with Crippen molar-refractivity contribution in [3.63, 3.8) is 0 Å². The Labute approximate surface area is 200 Å². The SMILES string of the molecule is O=C(C[C@@H]1CC=CCCC(=O)O[C@H](c2ccccc2)CNC1=O)N[C@@H]1CCCc2ccccc21. The first-order valence-electron chi connectivity index (χ1n) is 12.1. The molecule has 1 heterocycles. The zero-order valence-corrected chi connectivity index (χ0v) is 19.4. The van der Waals surface area contributed by atoms with Crippen LogP contribution in [0, 0.1) is 5.92 Å². The van der Waals surface area contributed by atoms with E-state index < -0.39 is 12.0 Å². The topological polar surface area (TPSA) is 84.5 Å². The summed E-state index contributed by atoms with van der Waals surface area (Å²) in [5.74, 6) is -1.10. The molecule has 178 valence electrons. The second-order valence-electron chi connectivity index (χ2n) is 8.99. The first-order valence-corrected chi connectivity index (χ1v) is 12.1. The van der Waals surface area contributed by atoms with Gasteiger partial charge in [-0.25, -0.2) is 0 Å². The summed E-state index contributed by atoms with van der Waals surface area (Å²) in [5.41, 5.74) is 3.29. The van der Waals surface area contributed by atoms with Gasteiger partial charge in [-0.05, 0) is 48.8 Å². The van der Waals surface area contributed by atoms with E-state index in [-0.39, 0.29) is 43.2 Å². The number of cyclic esters (lactones) is 1. The average Bonchev–Trinajstić information content (AvgIpc) is 2.85. The molecule has 34 heavy (non-hydrogen) atoms. The van der Waals surface area contributed by atoms with Gasteiger partial charge < -0.3 is 15.4 Å². The summed E-state index contributed by atoms with van der Waals surface area (Å²) in [7, 11) is 0. The van der Waals surface area contributed by atoms with Crippen molar-refractivity contribution in [2.45, 2.75) is 57.1 Å². The van der Waals surface area contributed by atoms with Crippen molar-refractivity contribution < 1.29 is 19.1 Å². The number of fused-ring (bicyclic) bond motifs is 1. The number of aryl methyl sites for hydroxylation is 1. The number of ether oxygens (including phenoxy) is 1. The number of allylic oxidation sites excluding steroid dienone is 2. The van der Waals surface area contributed by atoms with Gasteiger partial charge in [0, 0.05) is 12.8 Å². The number of amides is 2. The molecule has 2 N–H and O–H groups in total. The lowest BCUT2D eigenvalue weighted by Gasteiger charge is -2.27. The van der Waals surface area contributed by atoms with Crippen LogP contribution in [0.4, 0.5) is 0 Å². The van der Waals surface area contributed by atoms with Crippen LogP contribution in [0.15, 0.2) is 66.7 Å². The van der Waals surface area contributed by atoms with Crippen molar-refractivity contribution >= 4 is 17.8 Å². The van der Waals surface area contributed by atoms with Gasteiger partial charge in [0.15, 0.2) is 0 Å². The van der Waals surface area contributed by atoms with Gasteiger partial charge >= 0.3 is 5.97 Å². The number of rotatable bonds is 4. The first kappa shape index (κ1) is 23.7. The molecule has 2 amide bonds. The summed E-state index contributed by atoms with van der Waals surface area (Å²) in [5, 5.41) is 6.07. The molecule has 6 nitrogen and oxygen atoms in total. The molecule has 1 aliphatic heterocycles. The zero-order chi connectivity index (χ0) is 23.8. The van der Waals surface area contributed by atoms with E-state index in [4.69, 9.17) is 4.74 Å². The Balaban J connectivity index is 1.42. The average molecular weight is 461 g/mol.